The number of hydrogen-bond donors (Lipinski definition) is 1. The SMILES string of the molecule is COc1ccc(OC)c(NC(=O)COC(=O)c2cccc(C(F)(F)F)c2)c1. The van der Waals surface area contributed by atoms with Gasteiger partial charge in [0.2, 0.25) is 0 Å². The molecular weight excluding hydrogens is 367 g/mol. The highest BCUT2D eigenvalue weighted by atomic mass is 19.4. The summed E-state index contributed by atoms with van der Waals surface area (Å²) in [5, 5.41) is 2.48. The molecule has 0 bridgehead atoms. The fourth-order valence-electron chi connectivity index (χ4n) is 2.13. The highest BCUT2D eigenvalue weighted by Gasteiger charge is 2.31. The highest BCUT2D eigenvalue weighted by molar-refractivity contribution is 5.96. The molecule has 2 rings (SSSR count). The van der Waals surface area contributed by atoms with E-state index in [1.807, 2.05) is 0 Å². The van der Waals surface area contributed by atoms with Crippen LogP contribution in [0, 0.1) is 0 Å². The predicted octanol–water partition coefficient (Wildman–Crippen LogP) is 3.52. The molecule has 0 aliphatic rings. The first-order valence-electron chi connectivity index (χ1n) is 7.61. The number of methoxy groups -OCH3 is 2. The van der Waals surface area contributed by atoms with Crippen molar-refractivity contribution in [2.45, 2.75) is 6.18 Å². The zero-order valence-corrected chi connectivity index (χ0v) is 14.4. The fraction of sp³-hybridized carbons (Fsp3) is 0.222. The van der Waals surface area contributed by atoms with E-state index in [4.69, 9.17) is 14.2 Å². The number of ether oxygens (including phenoxy) is 3. The first-order chi connectivity index (χ1) is 12.7. The van der Waals surface area contributed by atoms with Gasteiger partial charge in [0.05, 0.1) is 31.0 Å². The third-order valence-electron chi connectivity index (χ3n) is 3.44. The summed E-state index contributed by atoms with van der Waals surface area (Å²) < 4.78 is 53.0. The lowest BCUT2D eigenvalue weighted by atomic mass is 10.1. The van der Waals surface area contributed by atoms with Crippen molar-refractivity contribution in [2.75, 3.05) is 26.1 Å². The fourth-order valence-corrected chi connectivity index (χ4v) is 2.13. The van der Waals surface area contributed by atoms with Crippen molar-refractivity contribution in [2.24, 2.45) is 0 Å². The number of anilines is 1. The van der Waals surface area contributed by atoms with Crippen molar-refractivity contribution >= 4 is 17.6 Å². The average Bonchev–Trinajstić information content (AvgIpc) is 2.65. The molecule has 1 amide bonds. The van der Waals surface area contributed by atoms with Crippen molar-refractivity contribution < 1.29 is 37.0 Å². The van der Waals surface area contributed by atoms with Crippen LogP contribution in [0.3, 0.4) is 0 Å². The second kappa shape index (κ2) is 8.43. The molecule has 27 heavy (non-hydrogen) atoms. The summed E-state index contributed by atoms with van der Waals surface area (Å²) in [7, 11) is 2.86. The van der Waals surface area contributed by atoms with Crippen LogP contribution in [0.25, 0.3) is 0 Å². The number of carbonyl (C=O) groups excluding carboxylic acids is 2. The number of hydrogen-bond acceptors (Lipinski definition) is 5. The normalized spacial score (nSPS) is 10.9. The summed E-state index contributed by atoms with van der Waals surface area (Å²) in [6.07, 6.45) is -4.59. The van der Waals surface area contributed by atoms with E-state index in [0.717, 1.165) is 12.1 Å². The molecule has 2 aromatic rings. The van der Waals surface area contributed by atoms with Crippen LogP contribution in [0.15, 0.2) is 42.5 Å². The molecule has 0 fully saturated rings. The molecule has 0 radical (unpaired) electrons. The molecule has 2 aromatic carbocycles. The van der Waals surface area contributed by atoms with Crippen molar-refractivity contribution in [3.8, 4) is 11.5 Å². The molecule has 6 nitrogen and oxygen atoms in total. The van der Waals surface area contributed by atoms with Gasteiger partial charge in [0.15, 0.2) is 6.61 Å². The second-order valence-electron chi connectivity index (χ2n) is 5.27. The van der Waals surface area contributed by atoms with Crippen LogP contribution >= 0.6 is 0 Å². The molecule has 0 unspecified atom stereocenters. The highest BCUT2D eigenvalue weighted by Crippen LogP contribution is 2.30. The van der Waals surface area contributed by atoms with Gasteiger partial charge in [-0.15, -0.1) is 0 Å². The lowest BCUT2D eigenvalue weighted by Crippen LogP contribution is -2.21. The lowest BCUT2D eigenvalue weighted by molar-refractivity contribution is -0.137. The number of halogens is 3. The molecule has 0 aliphatic carbocycles. The molecule has 0 heterocycles. The summed E-state index contributed by atoms with van der Waals surface area (Å²) in [5.74, 6) is -0.920. The lowest BCUT2D eigenvalue weighted by Gasteiger charge is -2.12. The van der Waals surface area contributed by atoms with Gasteiger partial charge in [-0.25, -0.2) is 4.79 Å². The van der Waals surface area contributed by atoms with Crippen LogP contribution in [0.4, 0.5) is 18.9 Å². The number of alkyl halides is 3. The number of nitrogens with one attached hydrogen (secondary N) is 1. The minimum atomic E-state index is -4.59. The van der Waals surface area contributed by atoms with Crippen molar-refractivity contribution in [3.05, 3.63) is 53.6 Å². The van der Waals surface area contributed by atoms with Gasteiger partial charge in [-0.3, -0.25) is 4.79 Å². The van der Waals surface area contributed by atoms with E-state index in [9.17, 15) is 22.8 Å². The van der Waals surface area contributed by atoms with E-state index < -0.39 is 30.2 Å². The van der Waals surface area contributed by atoms with Gasteiger partial charge >= 0.3 is 12.1 Å². The Morgan fingerprint density at radius 1 is 1.04 bits per heavy atom. The van der Waals surface area contributed by atoms with E-state index in [1.165, 1.54) is 26.4 Å². The van der Waals surface area contributed by atoms with E-state index >= 15 is 0 Å². The van der Waals surface area contributed by atoms with Crippen molar-refractivity contribution in [3.63, 3.8) is 0 Å². The van der Waals surface area contributed by atoms with Crippen LogP contribution < -0.4 is 14.8 Å². The number of carbonyl (C=O) groups is 2. The topological polar surface area (TPSA) is 73.9 Å². The molecular formula is C18H16F3NO5. The molecule has 144 valence electrons. The third kappa shape index (κ3) is 5.37. The molecule has 0 atom stereocenters. The van der Waals surface area contributed by atoms with Crippen LogP contribution in [-0.4, -0.2) is 32.7 Å². The number of esters is 1. The van der Waals surface area contributed by atoms with Crippen LogP contribution in [-0.2, 0) is 15.7 Å². The van der Waals surface area contributed by atoms with Gasteiger partial charge in [-0.05, 0) is 30.3 Å². The minimum absolute atomic E-state index is 0.289. The quantitative estimate of drug-likeness (QED) is 0.773. The molecule has 0 aromatic heterocycles. The minimum Gasteiger partial charge on any atom is -0.497 e. The van der Waals surface area contributed by atoms with E-state index in [2.05, 4.69) is 5.32 Å². The van der Waals surface area contributed by atoms with E-state index in [0.29, 0.717) is 17.6 Å². The Balaban J connectivity index is 2.01. The Bertz CT molecular complexity index is 836. The Hall–Kier alpha value is -3.23. The van der Waals surface area contributed by atoms with Gasteiger partial charge in [0, 0.05) is 6.07 Å². The monoisotopic (exact) mass is 383 g/mol. The van der Waals surface area contributed by atoms with Gasteiger partial charge in [0.1, 0.15) is 11.5 Å². The number of amides is 1. The molecule has 0 saturated heterocycles. The van der Waals surface area contributed by atoms with E-state index in [1.54, 1.807) is 12.1 Å². The second-order valence-corrected chi connectivity index (χ2v) is 5.27. The first-order valence-corrected chi connectivity index (χ1v) is 7.61. The van der Waals surface area contributed by atoms with Gasteiger partial charge in [-0.2, -0.15) is 13.2 Å². The van der Waals surface area contributed by atoms with Gasteiger partial charge in [0.25, 0.3) is 5.91 Å². The summed E-state index contributed by atoms with van der Waals surface area (Å²) >= 11 is 0. The zero-order chi connectivity index (χ0) is 20.0. The van der Waals surface area contributed by atoms with Crippen LogP contribution in [0.5, 0.6) is 11.5 Å². The van der Waals surface area contributed by atoms with Crippen molar-refractivity contribution in [1.82, 2.24) is 0 Å². The summed E-state index contributed by atoms with van der Waals surface area (Å²) in [5.41, 5.74) is -1.00. The van der Waals surface area contributed by atoms with E-state index in [-0.39, 0.29) is 11.3 Å². The molecule has 0 saturated carbocycles. The summed E-state index contributed by atoms with van der Waals surface area (Å²) in [4.78, 5) is 23.9. The summed E-state index contributed by atoms with van der Waals surface area (Å²) in [6.45, 7) is -0.685. The maximum atomic E-state index is 12.7. The molecule has 0 aliphatic heterocycles. The van der Waals surface area contributed by atoms with Gasteiger partial charge < -0.3 is 19.5 Å². The smallest absolute Gasteiger partial charge is 0.416 e. The third-order valence-corrected chi connectivity index (χ3v) is 3.44. The van der Waals surface area contributed by atoms with Crippen LogP contribution in [0.1, 0.15) is 15.9 Å². The number of benzene rings is 2. The Labute approximate surface area is 152 Å². The van der Waals surface area contributed by atoms with Crippen LogP contribution in [0.2, 0.25) is 0 Å². The molecule has 9 heteroatoms. The number of rotatable bonds is 6. The average molecular weight is 383 g/mol. The Morgan fingerprint density at radius 3 is 2.41 bits per heavy atom. The zero-order valence-electron chi connectivity index (χ0n) is 14.4. The largest absolute Gasteiger partial charge is 0.497 e. The Kier molecular flexibility index (Phi) is 6.27. The predicted molar refractivity (Wildman–Crippen MR) is 89.9 cm³/mol. The first kappa shape index (κ1) is 20.1. The maximum Gasteiger partial charge on any atom is 0.416 e. The van der Waals surface area contributed by atoms with Gasteiger partial charge in [-0.1, -0.05) is 6.07 Å². The van der Waals surface area contributed by atoms with Crippen molar-refractivity contribution in [1.29, 1.82) is 0 Å². The maximum absolute atomic E-state index is 12.7. The molecule has 1 N–H and O–H groups in total. The molecule has 0 spiro atoms. The Morgan fingerprint density at radius 2 is 1.78 bits per heavy atom. The summed E-state index contributed by atoms with van der Waals surface area (Å²) in [6, 6.07) is 8.45. The standard InChI is InChI=1S/C18H16F3NO5/c1-25-13-6-7-15(26-2)14(9-13)22-16(23)10-27-17(24)11-4-3-5-12(8-11)18(19,20)21/h3-9H,10H2,1-2H3,(H,22,23).